The predicted octanol–water partition coefficient (Wildman–Crippen LogP) is 3.04. The topological polar surface area (TPSA) is 59.6 Å². The first-order valence-corrected chi connectivity index (χ1v) is 7.49. The average molecular weight is 328 g/mol. The maximum atomic E-state index is 12.1. The fourth-order valence-electron chi connectivity index (χ4n) is 2.08. The Labute approximate surface area is 134 Å². The normalized spacial score (nSPS) is 20.3. The Balaban J connectivity index is 1.69. The Morgan fingerprint density at radius 3 is 2.48 bits per heavy atom. The van der Waals surface area contributed by atoms with Crippen LogP contribution in [0.3, 0.4) is 0 Å². The highest BCUT2D eigenvalue weighted by Gasteiger charge is 2.38. The number of nitrogens with one attached hydrogen (secondary N) is 2. The molecule has 0 spiro atoms. The number of halogens is 2. The summed E-state index contributed by atoms with van der Waals surface area (Å²) in [7, 11) is 0. The van der Waals surface area contributed by atoms with Crippen molar-refractivity contribution in [3.05, 3.63) is 29.8 Å². The summed E-state index contributed by atoms with van der Waals surface area (Å²) < 4.78 is 33.6. The standard InChI is InChI=1S/C16H22F2N2O3/c1-16(2,3)23-15(21)20-13-8-12(13)19-9-10-4-6-11(7-5-10)22-14(17)18/h4-7,12-14,19H,8-9H2,1-3H3,(H,20,21). The predicted molar refractivity (Wildman–Crippen MR) is 81.5 cm³/mol. The molecule has 0 aliphatic heterocycles. The van der Waals surface area contributed by atoms with Crippen molar-refractivity contribution < 1.29 is 23.0 Å². The van der Waals surface area contributed by atoms with Gasteiger partial charge in [-0.15, -0.1) is 0 Å². The fourth-order valence-corrected chi connectivity index (χ4v) is 2.08. The molecular formula is C16H22F2N2O3. The number of carbonyl (C=O) groups excluding carboxylic acids is 1. The highest BCUT2D eigenvalue weighted by Crippen LogP contribution is 2.23. The van der Waals surface area contributed by atoms with E-state index >= 15 is 0 Å². The number of alkyl halides is 2. The number of rotatable bonds is 6. The molecule has 128 valence electrons. The van der Waals surface area contributed by atoms with E-state index < -0.39 is 18.3 Å². The van der Waals surface area contributed by atoms with Gasteiger partial charge in [-0.05, 0) is 44.9 Å². The van der Waals surface area contributed by atoms with Crippen LogP contribution in [0.4, 0.5) is 13.6 Å². The van der Waals surface area contributed by atoms with Gasteiger partial charge in [0.15, 0.2) is 0 Å². The Hall–Kier alpha value is -1.89. The van der Waals surface area contributed by atoms with E-state index in [9.17, 15) is 13.6 Å². The van der Waals surface area contributed by atoms with Gasteiger partial charge in [-0.3, -0.25) is 0 Å². The first kappa shape index (κ1) is 17.5. The van der Waals surface area contributed by atoms with Gasteiger partial charge in [-0.25, -0.2) is 4.79 Å². The monoisotopic (exact) mass is 328 g/mol. The molecule has 0 aromatic heterocycles. The fraction of sp³-hybridized carbons (Fsp3) is 0.562. The molecule has 1 saturated carbocycles. The minimum Gasteiger partial charge on any atom is -0.444 e. The Morgan fingerprint density at radius 2 is 1.91 bits per heavy atom. The van der Waals surface area contributed by atoms with E-state index in [2.05, 4.69) is 15.4 Å². The van der Waals surface area contributed by atoms with Gasteiger partial charge in [0, 0.05) is 18.6 Å². The lowest BCUT2D eigenvalue weighted by atomic mass is 10.2. The van der Waals surface area contributed by atoms with Crippen LogP contribution in [0.1, 0.15) is 32.8 Å². The van der Waals surface area contributed by atoms with Gasteiger partial charge in [0.05, 0.1) is 0 Å². The summed E-state index contributed by atoms with van der Waals surface area (Å²) in [5.74, 6) is 0.139. The Morgan fingerprint density at radius 1 is 1.26 bits per heavy atom. The number of benzene rings is 1. The van der Waals surface area contributed by atoms with E-state index in [-0.39, 0.29) is 17.8 Å². The summed E-state index contributed by atoms with van der Waals surface area (Å²) in [5, 5.41) is 6.09. The van der Waals surface area contributed by atoms with E-state index in [1.54, 1.807) is 12.1 Å². The van der Waals surface area contributed by atoms with Crippen LogP contribution in [0.5, 0.6) is 5.75 Å². The number of ether oxygens (including phenoxy) is 2. The second-order valence-corrected chi connectivity index (χ2v) is 6.50. The molecule has 0 heterocycles. The average Bonchev–Trinajstić information content (AvgIpc) is 3.13. The van der Waals surface area contributed by atoms with E-state index in [0.29, 0.717) is 6.54 Å². The van der Waals surface area contributed by atoms with Crippen LogP contribution in [0.15, 0.2) is 24.3 Å². The molecule has 5 nitrogen and oxygen atoms in total. The van der Waals surface area contributed by atoms with Gasteiger partial charge in [0.1, 0.15) is 11.4 Å². The molecule has 0 saturated heterocycles. The molecule has 1 aliphatic rings. The Bertz CT molecular complexity index is 529. The molecule has 1 amide bonds. The second kappa shape index (κ2) is 7.12. The third-order valence-corrected chi connectivity index (χ3v) is 3.21. The lowest BCUT2D eigenvalue weighted by Crippen LogP contribution is -2.36. The molecule has 2 N–H and O–H groups in total. The number of carbonyl (C=O) groups is 1. The van der Waals surface area contributed by atoms with Crippen LogP contribution < -0.4 is 15.4 Å². The SMILES string of the molecule is CC(C)(C)OC(=O)NC1CC1NCc1ccc(OC(F)F)cc1. The van der Waals surface area contributed by atoms with E-state index in [1.807, 2.05) is 20.8 Å². The lowest BCUT2D eigenvalue weighted by molar-refractivity contribution is -0.0498. The van der Waals surface area contributed by atoms with Crippen LogP contribution in [0, 0.1) is 0 Å². The van der Waals surface area contributed by atoms with Crippen molar-refractivity contribution in [1.29, 1.82) is 0 Å². The first-order chi connectivity index (χ1) is 10.7. The smallest absolute Gasteiger partial charge is 0.407 e. The number of amides is 1. The van der Waals surface area contributed by atoms with Crippen molar-refractivity contribution in [2.45, 2.75) is 58.0 Å². The molecular weight excluding hydrogens is 306 g/mol. The molecule has 23 heavy (non-hydrogen) atoms. The van der Waals surface area contributed by atoms with Crippen LogP contribution in [0.2, 0.25) is 0 Å². The zero-order valence-electron chi connectivity index (χ0n) is 13.4. The van der Waals surface area contributed by atoms with Crippen molar-refractivity contribution in [3.63, 3.8) is 0 Å². The van der Waals surface area contributed by atoms with Crippen molar-refractivity contribution in [1.82, 2.24) is 10.6 Å². The van der Waals surface area contributed by atoms with Crippen molar-refractivity contribution in [2.75, 3.05) is 0 Å². The summed E-state index contributed by atoms with van der Waals surface area (Å²) in [6.07, 6.45) is 0.423. The minimum absolute atomic E-state index is 0.0614. The molecule has 2 atom stereocenters. The quantitative estimate of drug-likeness (QED) is 0.843. The van der Waals surface area contributed by atoms with Crippen LogP contribution >= 0.6 is 0 Å². The van der Waals surface area contributed by atoms with Gasteiger partial charge >= 0.3 is 12.7 Å². The Kier molecular flexibility index (Phi) is 5.41. The van der Waals surface area contributed by atoms with Gasteiger partial charge in [-0.1, -0.05) is 12.1 Å². The van der Waals surface area contributed by atoms with Crippen LogP contribution in [0.25, 0.3) is 0 Å². The van der Waals surface area contributed by atoms with Crippen molar-refractivity contribution in [2.24, 2.45) is 0 Å². The molecule has 1 aromatic carbocycles. The van der Waals surface area contributed by atoms with Crippen molar-refractivity contribution >= 4 is 6.09 Å². The minimum atomic E-state index is -2.81. The molecule has 0 radical (unpaired) electrons. The van der Waals surface area contributed by atoms with Gasteiger partial charge in [-0.2, -0.15) is 8.78 Å². The summed E-state index contributed by atoms with van der Waals surface area (Å²) >= 11 is 0. The summed E-state index contributed by atoms with van der Waals surface area (Å²) in [6.45, 7) is 3.22. The number of hydrogen-bond acceptors (Lipinski definition) is 4. The molecule has 1 aliphatic carbocycles. The molecule has 0 bridgehead atoms. The summed E-state index contributed by atoms with van der Waals surface area (Å²) in [4.78, 5) is 11.6. The molecule has 1 aromatic rings. The number of hydrogen-bond donors (Lipinski definition) is 2. The van der Waals surface area contributed by atoms with Crippen molar-refractivity contribution in [3.8, 4) is 5.75 Å². The van der Waals surface area contributed by atoms with E-state index in [0.717, 1.165) is 12.0 Å². The molecule has 1 fully saturated rings. The zero-order valence-corrected chi connectivity index (χ0v) is 13.4. The first-order valence-electron chi connectivity index (χ1n) is 7.49. The maximum absolute atomic E-state index is 12.1. The largest absolute Gasteiger partial charge is 0.444 e. The maximum Gasteiger partial charge on any atom is 0.407 e. The summed E-state index contributed by atoms with van der Waals surface area (Å²) in [6, 6.07) is 6.72. The lowest BCUT2D eigenvalue weighted by Gasteiger charge is -2.19. The highest BCUT2D eigenvalue weighted by molar-refractivity contribution is 5.68. The van der Waals surface area contributed by atoms with Gasteiger partial charge in [0.25, 0.3) is 0 Å². The highest BCUT2D eigenvalue weighted by atomic mass is 19.3. The number of alkyl carbamates (subject to hydrolysis) is 1. The second-order valence-electron chi connectivity index (χ2n) is 6.50. The molecule has 2 unspecified atom stereocenters. The molecule has 7 heteroatoms. The molecule has 2 rings (SSSR count). The van der Waals surface area contributed by atoms with E-state index in [4.69, 9.17) is 4.74 Å². The van der Waals surface area contributed by atoms with E-state index in [1.165, 1.54) is 12.1 Å². The third kappa shape index (κ3) is 6.40. The third-order valence-electron chi connectivity index (χ3n) is 3.21. The van der Waals surface area contributed by atoms with Crippen LogP contribution in [-0.4, -0.2) is 30.4 Å². The van der Waals surface area contributed by atoms with Gasteiger partial charge in [0.2, 0.25) is 0 Å². The zero-order chi connectivity index (χ0) is 17.0. The van der Waals surface area contributed by atoms with Crippen LogP contribution in [-0.2, 0) is 11.3 Å². The van der Waals surface area contributed by atoms with Gasteiger partial charge < -0.3 is 20.1 Å². The summed E-state index contributed by atoms with van der Waals surface area (Å²) in [5.41, 5.74) is 0.443.